The third-order valence-electron chi connectivity index (χ3n) is 7.00. The number of hydrogen-bond acceptors (Lipinski definition) is 5. The zero-order valence-corrected chi connectivity index (χ0v) is 19.3. The SMILES string of the molecule is Cc1ccccc1OC1CCN(C(=O)[C@H]2CCC(=O)N(CCCN3CCOCC3)C2)CC1. The first-order chi connectivity index (χ1) is 15.6. The molecule has 3 heterocycles. The van der Waals surface area contributed by atoms with Crippen molar-refractivity contribution >= 4 is 11.8 Å². The van der Waals surface area contributed by atoms with Gasteiger partial charge in [0.15, 0.2) is 0 Å². The van der Waals surface area contributed by atoms with Gasteiger partial charge in [-0.1, -0.05) is 18.2 Å². The summed E-state index contributed by atoms with van der Waals surface area (Å²) >= 11 is 0. The molecule has 32 heavy (non-hydrogen) atoms. The number of aryl methyl sites for hydroxylation is 1. The van der Waals surface area contributed by atoms with Gasteiger partial charge in [-0.2, -0.15) is 0 Å². The standard InChI is InChI=1S/C25H37N3O4/c1-20-5-2-3-6-23(20)32-22-9-13-27(14-10-22)25(30)21-7-8-24(29)28(19-21)12-4-11-26-15-17-31-18-16-26/h2-3,5-6,21-22H,4,7-19H2,1H3/t21-/m0/s1. The second-order valence-corrected chi connectivity index (χ2v) is 9.29. The third-order valence-corrected chi connectivity index (χ3v) is 7.00. The number of benzene rings is 1. The van der Waals surface area contributed by atoms with Crippen molar-refractivity contribution in [3.63, 3.8) is 0 Å². The normalized spacial score (nSPS) is 23.4. The van der Waals surface area contributed by atoms with Gasteiger partial charge < -0.3 is 19.3 Å². The van der Waals surface area contributed by atoms with Crippen molar-refractivity contribution in [2.45, 2.75) is 45.1 Å². The molecule has 0 aromatic heterocycles. The Bertz CT molecular complexity index is 772. The Balaban J connectivity index is 1.21. The molecule has 1 atom stereocenters. The van der Waals surface area contributed by atoms with Crippen LogP contribution in [-0.2, 0) is 14.3 Å². The summed E-state index contributed by atoms with van der Waals surface area (Å²) in [4.78, 5) is 31.9. The summed E-state index contributed by atoms with van der Waals surface area (Å²) in [6.07, 6.45) is 3.99. The average Bonchev–Trinajstić information content (AvgIpc) is 2.82. The molecule has 3 aliphatic heterocycles. The molecule has 176 valence electrons. The van der Waals surface area contributed by atoms with Crippen molar-refractivity contribution in [1.82, 2.24) is 14.7 Å². The Morgan fingerprint density at radius 2 is 1.81 bits per heavy atom. The third kappa shape index (κ3) is 6.01. The van der Waals surface area contributed by atoms with E-state index in [1.54, 1.807) is 0 Å². The molecule has 7 heteroatoms. The largest absolute Gasteiger partial charge is 0.490 e. The predicted octanol–water partition coefficient (Wildman–Crippen LogP) is 2.33. The van der Waals surface area contributed by atoms with Gasteiger partial charge in [-0.15, -0.1) is 0 Å². The fourth-order valence-corrected chi connectivity index (χ4v) is 4.96. The van der Waals surface area contributed by atoms with Crippen LogP contribution in [-0.4, -0.2) is 91.6 Å². The summed E-state index contributed by atoms with van der Waals surface area (Å²) in [5, 5.41) is 0. The summed E-state index contributed by atoms with van der Waals surface area (Å²) in [5.74, 6) is 1.28. The van der Waals surface area contributed by atoms with Crippen LogP contribution in [0.1, 0.15) is 37.7 Å². The maximum absolute atomic E-state index is 13.2. The summed E-state index contributed by atoms with van der Waals surface area (Å²) < 4.78 is 11.6. The lowest BCUT2D eigenvalue weighted by Crippen LogP contribution is -2.50. The monoisotopic (exact) mass is 443 g/mol. The first-order valence-electron chi connectivity index (χ1n) is 12.2. The molecule has 3 aliphatic rings. The number of hydrogen-bond donors (Lipinski definition) is 0. The van der Waals surface area contributed by atoms with Gasteiger partial charge in [-0.25, -0.2) is 0 Å². The van der Waals surface area contributed by atoms with Crippen LogP contribution in [0.5, 0.6) is 5.75 Å². The van der Waals surface area contributed by atoms with Crippen LogP contribution in [0.2, 0.25) is 0 Å². The molecule has 0 unspecified atom stereocenters. The highest BCUT2D eigenvalue weighted by molar-refractivity contribution is 5.84. The zero-order valence-electron chi connectivity index (χ0n) is 19.3. The molecule has 3 fully saturated rings. The fourth-order valence-electron chi connectivity index (χ4n) is 4.96. The molecule has 0 aliphatic carbocycles. The maximum Gasteiger partial charge on any atom is 0.227 e. The minimum atomic E-state index is -0.0649. The van der Waals surface area contributed by atoms with Crippen molar-refractivity contribution in [3.05, 3.63) is 29.8 Å². The van der Waals surface area contributed by atoms with Gasteiger partial charge in [-0.05, 0) is 31.4 Å². The number of carbonyl (C=O) groups is 2. The number of morpholine rings is 1. The Morgan fingerprint density at radius 3 is 2.56 bits per heavy atom. The number of piperidine rings is 2. The first kappa shape index (κ1) is 23.1. The molecule has 2 amide bonds. The molecule has 1 aromatic carbocycles. The smallest absolute Gasteiger partial charge is 0.227 e. The van der Waals surface area contributed by atoms with Gasteiger partial charge in [0.25, 0.3) is 0 Å². The minimum absolute atomic E-state index is 0.0649. The van der Waals surface area contributed by atoms with Crippen LogP contribution >= 0.6 is 0 Å². The van der Waals surface area contributed by atoms with E-state index < -0.39 is 0 Å². The van der Waals surface area contributed by atoms with Crippen LogP contribution in [0.25, 0.3) is 0 Å². The van der Waals surface area contributed by atoms with Gasteiger partial charge in [0.2, 0.25) is 11.8 Å². The summed E-state index contributed by atoms with van der Waals surface area (Å²) in [5.41, 5.74) is 1.14. The Kier molecular flexibility index (Phi) is 8.03. The first-order valence-corrected chi connectivity index (χ1v) is 12.2. The summed E-state index contributed by atoms with van der Waals surface area (Å²) in [6.45, 7) is 9.36. The highest BCUT2D eigenvalue weighted by Crippen LogP contribution is 2.25. The van der Waals surface area contributed by atoms with Gasteiger partial charge in [-0.3, -0.25) is 14.5 Å². The number of ether oxygens (including phenoxy) is 2. The Morgan fingerprint density at radius 1 is 1.06 bits per heavy atom. The zero-order chi connectivity index (χ0) is 22.3. The quantitative estimate of drug-likeness (QED) is 0.647. The van der Waals surface area contributed by atoms with Crippen molar-refractivity contribution < 1.29 is 19.1 Å². The van der Waals surface area contributed by atoms with Gasteiger partial charge in [0.05, 0.1) is 19.1 Å². The van der Waals surface area contributed by atoms with Gasteiger partial charge >= 0.3 is 0 Å². The molecule has 1 aromatic rings. The molecule has 3 saturated heterocycles. The van der Waals surface area contributed by atoms with Crippen molar-refractivity contribution in [1.29, 1.82) is 0 Å². The average molecular weight is 444 g/mol. The predicted molar refractivity (Wildman–Crippen MR) is 123 cm³/mol. The lowest BCUT2D eigenvalue weighted by atomic mass is 9.94. The van der Waals surface area contributed by atoms with Crippen LogP contribution in [0.4, 0.5) is 0 Å². The van der Waals surface area contributed by atoms with Crippen LogP contribution in [0.3, 0.4) is 0 Å². The molecule has 0 N–H and O–H groups in total. The number of para-hydroxylation sites is 1. The van der Waals surface area contributed by atoms with E-state index in [4.69, 9.17) is 9.47 Å². The lowest BCUT2D eigenvalue weighted by molar-refractivity contribution is -0.144. The highest BCUT2D eigenvalue weighted by Gasteiger charge is 2.34. The Hall–Kier alpha value is -2.12. The fraction of sp³-hybridized carbons (Fsp3) is 0.680. The van der Waals surface area contributed by atoms with Crippen LogP contribution in [0, 0.1) is 12.8 Å². The van der Waals surface area contributed by atoms with Crippen LogP contribution in [0.15, 0.2) is 24.3 Å². The van der Waals surface area contributed by atoms with Crippen molar-refractivity contribution in [3.8, 4) is 5.75 Å². The van der Waals surface area contributed by atoms with E-state index in [9.17, 15) is 9.59 Å². The van der Waals surface area contributed by atoms with Crippen molar-refractivity contribution in [2.24, 2.45) is 5.92 Å². The molecule has 7 nitrogen and oxygen atoms in total. The lowest BCUT2D eigenvalue weighted by Gasteiger charge is -2.38. The van der Waals surface area contributed by atoms with E-state index in [0.29, 0.717) is 19.4 Å². The molecule has 0 bridgehead atoms. The van der Waals surface area contributed by atoms with Gasteiger partial charge in [0.1, 0.15) is 11.9 Å². The number of likely N-dealkylation sites (tertiary alicyclic amines) is 2. The van der Waals surface area contributed by atoms with Gasteiger partial charge in [0, 0.05) is 65.1 Å². The molecule has 4 rings (SSSR count). The van der Waals surface area contributed by atoms with E-state index in [0.717, 1.165) is 83.1 Å². The van der Waals surface area contributed by atoms with E-state index in [1.165, 1.54) is 0 Å². The van der Waals surface area contributed by atoms with Crippen LogP contribution < -0.4 is 4.74 Å². The van der Waals surface area contributed by atoms with E-state index in [2.05, 4.69) is 17.9 Å². The number of amides is 2. The maximum atomic E-state index is 13.2. The molecule has 0 saturated carbocycles. The van der Waals surface area contributed by atoms with E-state index in [1.807, 2.05) is 28.0 Å². The Labute approximate surface area is 191 Å². The second-order valence-electron chi connectivity index (χ2n) is 9.29. The topological polar surface area (TPSA) is 62.3 Å². The summed E-state index contributed by atoms with van der Waals surface area (Å²) in [7, 11) is 0. The highest BCUT2D eigenvalue weighted by atomic mass is 16.5. The number of carbonyl (C=O) groups excluding carboxylic acids is 2. The summed E-state index contributed by atoms with van der Waals surface area (Å²) in [6, 6.07) is 8.09. The number of nitrogens with zero attached hydrogens (tertiary/aromatic N) is 3. The molecule has 0 spiro atoms. The molecular formula is C25H37N3O4. The molecule has 0 radical (unpaired) electrons. The second kappa shape index (κ2) is 11.1. The number of rotatable bonds is 7. The van der Waals surface area contributed by atoms with E-state index >= 15 is 0 Å². The van der Waals surface area contributed by atoms with Crippen molar-refractivity contribution in [2.75, 3.05) is 59.0 Å². The molecular weight excluding hydrogens is 406 g/mol. The van der Waals surface area contributed by atoms with E-state index in [-0.39, 0.29) is 23.8 Å². The minimum Gasteiger partial charge on any atom is -0.490 e.